The molecule has 0 amide bonds. The number of guanidine groups is 1. The van der Waals surface area contributed by atoms with Crippen LogP contribution in [0.2, 0.25) is 0 Å². The molecule has 0 aromatic rings. The lowest BCUT2D eigenvalue weighted by Crippen LogP contribution is -2.47. The Balaban J connectivity index is 0.00000176. The normalized spacial score (nSPS) is 31.3. The van der Waals surface area contributed by atoms with Crippen LogP contribution in [0.3, 0.4) is 0 Å². The number of ether oxygens (including phenoxy) is 1. The average molecular weight is 421 g/mol. The molecule has 4 nitrogen and oxygen atoms in total. The van der Waals surface area contributed by atoms with Crippen molar-refractivity contribution >= 4 is 29.9 Å². The first kappa shape index (κ1) is 18.3. The molecule has 2 N–H and O–H groups in total. The SMILES string of the molecule is CN=C(NCCCCC1CCCC1)NC1CC2CCC1O2.I. The summed E-state index contributed by atoms with van der Waals surface area (Å²) >= 11 is 0. The summed E-state index contributed by atoms with van der Waals surface area (Å²) in [6, 6.07) is 0.466. The lowest BCUT2D eigenvalue weighted by molar-refractivity contribution is 0.0992. The van der Waals surface area contributed by atoms with Crippen LogP contribution >= 0.6 is 24.0 Å². The van der Waals surface area contributed by atoms with Crippen LogP contribution in [-0.4, -0.2) is 37.8 Å². The molecule has 22 heavy (non-hydrogen) atoms. The monoisotopic (exact) mass is 421 g/mol. The minimum absolute atomic E-state index is 0. The largest absolute Gasteiger partial charge is 0.373 e. The van der Waals surface area contributed by atoms with Crippen molar-refractivity contribution in [2.45, 2.75) is 82.5 Å². The summed E-state index contributed by atoms with van der Waals surface area (Å²) in [5, 5.41) is 7.01. The highest BCUT2D eigenvalue weighted by molar-refractivity contribution is 14.0. The molecule has 0 spiro atoms. The Kier molecular flexibility index (Phi) is 7.74. The van der Waals surface area contributed by atoms with E-state index in [-0.39, 0.29) is 24.0 Å². The molecule has 1 saturated carbocycles. The lowest BCUT2D eigenvalue weighted by atomic mass is 9.96. The second-order valence-electron chi connectivity index (χ2n) is 7.01. The average Bonchev–Trinajstić information content (AvgIpc) is 3.23. The molecule has 0 aromatic carbocycles. The van der Waals surface area contributed by atoms with Gasteiger partial charge in [-0.1, -0.05) is 38.5 Å². The summed E-state index contributed by atoms with van der Waals surface area (Å²) in [6.45, 7) is 1.04. The van der Waals surface area contributed by atoms with E-state index in [0.29, 0.717) is 18.2 Å². The van der Waals surface area contributed by atoms with Gasteiger partial charge in [0.05, 0.1) is 18.2 Å². The van der Waals surface area contributed by atoms with Crippen molar-refractivity contribution in [1.29, 1.82) is 0 Å². The number of halogens is 1. The second-order valence-corrected chi connectivity index (χ2v) is 7.01. The van der Waals surface area contributed by atoms with Gasteiger partial charge in [0.15, 0.2) is 5.96 Å². The summed E-state index contributed by atoms with van der Waals surface area (Å²) in [5.74, 6) is 1.98. The molecule has 2 heterocycles. The van der Waals surface area contributed by atoms with E-state index in [0.717, 1.165) is 24.8 Å². The quantitative estimate of drug-likeness (QED) is 0.299. The maximum atomic E-state index is 5.88. The number of hydrogen-bond donors (Lipinski definition) is 2. The van der Waals surface area contributed by atoms with Gasteiger partial charge in [-0.2, -0.15) is 0 Å². The van der Waals surface area contributed by atoms with Crippen molar-refractivity contribution in [2.75, 3.05) is 13.6 Å². The lowest BCUT2D eigenvalue weighted by Gasteiger charge is -2.22. The van der Waals surface area contributed by atoms with Crippen molar-refractivity contribution in [3.63, 3.8) is 0 Å². The van der Waals surface area contributed by atoms with E-state index >= 15 is 0 Å². The summed E-state index contributed by atoms with van der Waals surface area (Å²) in [6.07, 6.45) is 14.4. The molecule has 3 rings (SSSR count). The zero-order valence-electron chi connectivity index (χ0n) is 13.9. The summed E-state index contributed by atoms with van der Waals surface area (Å²) in [7, 11) is 1.86. The number of unbranched alkanes of at least 4 members (excludes halogenated alkanes) is 1. The Hall–Kier alpha value is -0.0400. The van der Waals surface area contributed by atoms with E-state index in [1.807, 2.05) is 7.05 Å². The first-order valence-electron chi connectivity index (χ1n) is 8.98. The molecule has 2 aliphatic heterocycles. The molecule has 0 radical (unpaired) electrons. The van der Waals surface area contributed by atoms with Gasteiger partial charge in [-0.05, 0) is 31.6 Å². The first-order valence-corrected chi connectivity index (χ1v) is 8.98. The number of aliphatic imine (C=N–C) groups is 1. The standard InChI is InChI=1S/C17H31N3O.HI/c1-18-17(20-15-12-14-9-10-16(15)21-14)19-11-5-4-8-13-6-2-3-7-13;/h13-16H,2-12H2,1H3,(H2,18,19,20);1H. The minimum atomic E-state index is 0. The van der Waals surface area contributed by atoms with Crippen LogP contribution < -0.4 is 10.6 Å². The molecule has 5 heteroatoms. The Labute approximate surface area is 152 Å². The molecule has 1 aliphatic carbocycles. The molecule has 2 bridgehead atoms. The van der Waals surface area contributed by atoms with Crippen molar-refractivity contribution in [1.82, 2.24) is 10.6 Å². The Bertz CT molecular complexity index is 358. The highest BCUT2D eigenvalue weighted by Gasteiger charge is 2.41. The number of fused-ring (bicyclic) bond motifs is 2. The van der Waals surface area contributed by atoms with Gasteiger partial charge in [0.2, 0.25) is 0 Å². The number of hydrogen-bond acceptors (Lipinski definition) is 2. The van der Waals surface area contributed by atoms with E-state index in [1.54, 1.807) is 0 Å². The molecule has 3 atom stereocenters. The Morgan fingerprint density at radius 2 is 1.95 bits per heavy atom. The number of nitrogens with zero attached hydrogens (tertiary/aromatic N) is 1. The van der Waals surface area contributed by atoms with Gasteiger partial charge in [-0.25, -0.2) is 0 Å². The maximum absolute atomic E-state index is 5.88. The fourth-order valence-corrected chi connectivity index (χ4v) is 4.22. The van der Waals surface area contributed by atoms with Crippen molar-refractivity contribution in [2.24, 2.45) is 10.9 Å². The first-order chi connectivity index (χ1) is 10.3. The van der Waals surface area contributed by atoms with E-state index in [4.69, 9.17) is 4.74 Å². The van der Waals surface area contributed by atoms with E-state index in [2.05, 4.69) is 15.6 Å². The predicted molar refractivity (Wildman–Crippen MR) is 102 cm³/mol. The van der Waals surface area contributed by atoms with Gasteiger partial charge in [-0.15, -0.1) is 24.0 Å². The third-order valence-electron chi connectivity index (χ3n) is 5.46. The molecular formula is C17H32IN3O. The Morgan fingerprint density at radius 1 is 1.14 bits per heavy atom. The van der Waals surface area contributed by atoms with Crippen LogP contribution in [0.15, 0.2) is 4.99 Å². The summed E-state index contributed by atoms with van der Waals surface area (Å²) < 4.78 is 5.88. The van der Waals surface area contributed by atoms with E-state index < -0.39 is 0 Å². The third-order valence-corrected chi connectivity index (χ3v) is 5.46. The van der Waals surface area contributed by atoms with Gasteiger partial charge in [0.25, 0.3) is 0 Å². The molecule has 128 valence electrons. The molecule has 0 aromatic heterocycles. The molecule has 3 unspecified atom stereocenters. The van der Waals surface area contributed by atoms with Gasteiger partial charge >= 0.3 is 0 Å². The molecule has 3 fully saturated rings. The smallest absolute Gasteiger partial charge is 0.191 e. The second kappa shape index (κ2) is 9.30. The fraction of sp³-hybridized carbons (Fsp3) is 0.941. The van der Waals surface area contributed by atoms with Crippen LogP contribution in [0.4, 0.5) is 0 Å². The van der Waals surface area contributed by atoms with Gasteiger partial charge in [-0.3, -0.25) is 4.99 Å². The minimum Gasteiger partial charge on any atom is -0.373 e. The summed E-state index contributed by atoms with van der Waals surface area (Å²) in [4.78, 5) is 4.35. The van der Waals surface area contributed by atoms with Crippen LogP contribution in [0, 0.1) is 5.92 Å². The summed E-state index contributed by atoms with van der Waals surface area (Å²) in [5.41, 5.74) is 0. The maximum Gasteiger partial charge on any atom is 0.191 e. The predicted octanol–water partition coefficient (Wildman–Crippen LogP) is 3.45. The van der Waals surface area contributed by atoms with Crippen LogP contribution in [0.25, 0.3) is 0 Å². The number of nitrogens with one attached hydrogen (secondary N) is 2. The van der Waals surface area contributed by atoms with E-state index in [1.165, 1.54) is 57.8 Å². The van der Waals surface area contributed by atoms with Crippen molar-refractivity contribution in [3.8, 4) is 0 Å². The van der Waals surface area contributed by atoms with Gasteiger partial charge < -0.3 is 15.4 Å². The van der Waals surface area contributed by atoms with Crippen LogP contribution in [0.5, 0.6) is 0 Å². The third kappa shape index (κ3) is 4.98. The van der Waals surface area contributed by atoms with Gasteiger partial charge in [0.1, 0.15) is 0 Å². The molecular weight excluding hydrogens is 389 g/mol. The zero-order valence-corrected chi connectivity index (χ0v) is 16.2. The zero-order chi connectivity index (χ0) is 14.5. The van der Waals surface area contributed by atoms with Gasteiger partial charge in [0, 0.05) is 13.6 Å². The van der Waals surface area contributed by atoms with Crippen LogP contribution in [-0.2, 0) is 4.74 Å². The highest BCUT2D eigenvalue weighted by atomic mass is 127. The topological polar surface area (TPSA) is 45.7 Å². The van der Waals surface area contributed by atoms with Crippen molar-refractivity contribution < 1.29 is 4.74 Å². The fourth-order valence-electron chi connectivity index (χ4n) is 4.22. The van der Waals surface area contributed by atoms with Crippen molar-refractivity contribution in [3.05, 3.63) is 0 Å². The highest BCUT2D eigenvalue weighted by Crippen LogP contribution is 2.34. The molecule has 3 aliphatic rings. The van der Waals surface area contributed by atoms with Crippen LogP contribution in [0.1, 0.15) is 64.2 Å². The molecule has 2 saturated heterocycles. The van der Waals surface area contributed by atoms with E-state index in [9.17, 15) is 0 Å². The Morgan fingerprint density at radius 3 is 2.59 bits per heavy atom. The number of rotatable bonds is 6.